The Labute approximate surface area is 137 Å². The van der Waals surface area contributed by atoms with Crippen molar-refractivity contribution in [3.8, 4) is 5.75 Å². The number of rotatable bonds is 4. The quantitative estimate of drug-likeness (QED) is 0.719. The maximum absolute atomic E-state index is 12.3. The van der Waals surface area contributed by atoms with Gasteiger partial charge in [-0.05, 0) is 24.1 Å². The first-order valence-corrected chi connectivity index (χ1v) is 7.54. The highest BCUT2D eigenvalue weighted by atomic mass is 16.3. The zero-order valence-corrected chi connectivity index (χ0v) is 13.8. The molecule has 0 amide bonds. The Balaban J connectivity index is 1.88. The fraction of sp³-hybridized carbons (Fsp3) is 0.312. The number of phenolic OH excluding ortho intramolecular Hbond substituents is 1. The van der Waals surface area contributed by atoms with Crippen LogP contribution < -0.4 is 16.6 Å². The molecule has 0 saturated heterocycles. The zero-order valence-electron chi connectivity index (χ0n) is 13.8. The molecule has 2 N–H and O–H groups in total. The molecule has 0 aliphatic carbocycles. The number of hydrogen-bond acceptors (Lipinski definition) is 5. The smallest absolute Gasteiger partial charge is 0.332 e. The van der Waals surface area contributed by atoms with Gasteiger partial charge in [-0.2, -0.15) is 4.98 Å². The van der Waals surface area contributed by atoms with E-state index in [-0.39, 0.29) is 11.3 Å². The van der Waals surface area contributed by atoms with E-state index in [0.717, 1.165) is 16.6 Å². The molecule has 0 unspecified atom stereocenters. The molecule has 8 nitrogen and oxygen atoms in total. The summed E-state index contributed by atoms with van der Waals surface area (Å²) >= 11 is 0. The van der Waals surface area contributed by atoms with Gasteiger partial charge in [-0.1, -0.05) is 12.1 Å². The number of nitrogens with zero attached hydrogens (tertiary/aromatic N) is 4. The molecule has 3 rings (SSSR count). The standard InChI is InChI=1S/C16H19N5O3/c1-19-12-13(20(2)16(24)21(3)14(12)23)18-15(19)17-9-8-10-4-6-11(22)7-5-10/h4-7,22H,8-9H2,1-3H3,(H,17,18). The first kappa shape index (κ1) is 15.9. The largest absolute Gasteiger partial charge is 0.508 e. The summed E-state index contributed by atoms with van der Waals surface area (Å²) in [5.41, 5.74) is 1.04. The van der Waals surface area contributed by atoms with Gasteiger partial charge in [0.15, 0.2) is 11.2 Å². The Bertz CT molecular complexity index is 1010. The van der Waals surface area contributed by atoms with Crippen LogP contribution in [0, 0.1) is 0 Å². The van der Waals surface area contributed by atoms with Gasteiger partial charge in [0.1, 0.15) is 5.75 Å². The second-order valence-corrected chi connectivity index (χ2v) is 5.72. The number of aryl methyl sites for hydroxylation is 2. The van der Waals surface area contributed by atoms with Gasteiger partial charge in [0.2, 0.25) is 5.95 Å². The maximum atomic E-state index is 12.3. The van der Waals surface area contributed by atoms with E-state index < -0.39 is 5.69 Å². The Morgan fingerprint density at radius 3 is 2.38 bits per heavy atom. The number of aromatic nitrogens is 4. The minimum Gasteiger partial charge on any atom is -0.508 e. The molecule has 2 heterocycles. The molecule has 0 atom stereocenters. The SMILES string of the molecule is Cn1c(=O)c2c(nc(NCCc3ccc(O)cc3)n2C)n(C)c1=O. The Morgan fingerprint density at radius 2 is 1.71 bits per heavy atom. The molecular formula is C16H19N5O3. The normalized spacial score (nSPS) is 11.1. The highest BCUT2D eigenvalue weighted by molar-refractivity contribution is 5.74. The van der Waals surface area contributed by atoms with Crippen LogP contribution in [-0.2, 0) is 27.6 Å². The highest BCUT2D eigenvalue weighted by Crippen LogP contribution is 2.14. The van der Waals surface area contributed by atoms with Crippen LogP contribution in [0.5, 0.6) is 5.75 Å². The van der Waals surface area contributed by atoms with Crippen molar-refractivity contribution in [3.05, 3.63) is 50.7 Å². The van der Waals surface area contributed by atoms with Gasteiger partial charge in [-0.3, -0.25) is 13.9 Å². The van der Waals surface area contributed by atoms with Crippen LogP contribution in [0.15, 0.2) is 33.9 Å². The molecule has 1 aromatic carbocycles. The summed E-state index contributed by atoms with van der Waals surface area (Å²) in [5, 5.41) is 12.5. The van der Waals surface area contributed by atoms with Gasteiger partial charge in [-0.25, -0.2) is 4.79 Å². The molecule has 0 radical (unpaired) electrons. The lowest BCUT2D eigenvalue weighted by Gasteiger charge is -2.06. The number of imidazole rings is 1. The Kier molecular flexibility index (Phi) is 3.88. The van der Waals surface area contributed by atoms with Gasteiger partial charge in [0.25, 0.3) is 5.56 Å². The molecular weight excluding hydrogens is 310 g/mol. The first-order chi connectivity index (χ1) is 11.4. The van der Waals surface area contributed by atoms with Gasteiger partial charge in [0.05, 0.1) is 0 Å². The fourth-order valence-corrected chi connectivity index (χ4v) is 2.66. The van der Waals surface area contributed by atoms with Crippen molar-refractivity contribution in [3.63, 3.8) is 0 Å². The number of nitrogens with one attached hydrogen (secondary N) is 1. The van der Waals surface area contributed by atoms with Crippen LogP contribution in [0.25, 0.3) is 11.2 Å². The van der Waals surface area contributed by atoms with Crippen molar-refractivity contribution in [2.24, 2.45) is 21.1 Å². The van der Waals surface area contributed by atoms with E-state index in [9.17, 15) is 14.7 Å². The third-order valence-corrected chi connectivity index (χ3v) is 4.11. The summed E-state index contributed by atoms with van der Waals surface area (Å²) in [6.07, 6.45) is 0.737. The average molecular weight is 329 g/mol. The van der Waals surface area contributed by atoms with E-state index in [4.69, 9.17) is 0 Å². The second kappa shape index (κ2) is 5.88. The lowest BCUT2D eigenvalue weighted by atomic mass is 10.1. The van der Waals surface area contributed by atoms with Crippen LogP contribution in [-0.4, -0.2) is 30.3 Å². The van der Waals surface area contributed by atoms with Crippen molar-refractivity contribution in [2.45, 2.75) is 6.42 Å². The highest BCUT2D eigenvalue weighted by Gasteiger charge is 2.16. The molecule has 0 aliphatic rings. The third kappa shape index (κ3) is 2.55. The molecule has 0 saturated carbocycles. The van der Waals surface area contributed by atoms with Crippen molar-refractivity contribution in [2.75, 3.05) is 11.9 Å². The van der Waals surface area contributed by atoms with Crippen molar-refractivity contribution < 1.29 is 5.11 Å². The summed E-state index contributed by atoms with van der Waals surface area (Å²) in [6, 6.07) is 6.99. The topological polar surface area (TPSA) is 94.1 Å². The van der Waals surface area contributed by atoms with Crippen molar-refractivity contribution >= 4 is 17.1 Å². The monoisotopic (exact) mass is 329 g/mol. The van der Waals surface area contributed by atoms with Gasteiger partial charge in [-0.15, -0.1) is 0 Å². The minimum atomic E-state index is -0.402. The van der Waals surface area contributed by atoms with E-state index in [1.807, 2.05) is 12.1 Å². The number of hydrogen-bond donors (Lipinski definition) is 2. The summed E-state index contributed by atoms with van der Waals surface area (Å²) in [7, 11) is 4.79. The predicted molar refractivity (Wildman–Crippen MR) is 91.5 cm³/mol. The molecule has 8 heteroatoms. The minimum absolute atomic E-state index is 0.235. The molecule has 0 bridgehead atoms. The van der Waals surface area contributed by atoms with Crippen LogP contribution in [0.3, 0.4) is 0 Å². The Morgan fingerprint density at radius 1 is 1.04 bits per heavy atom. The summed E-state index contributed by atoms with van der Waals surface area (Å²) in [6.45, 7) is 0.607. The van der Waals surface area contributed by atoms with E-state index in [0.29, 0.717) is 23.7 Å². The van der Waals surface area contributed by atoms with Gasteiger partial charge < -0.3 is 15.0 Å². The number of aromatic hydroxyl groups is 1. The van der Waals surface area contributed by atoms with E-state index in [1.165, 1.54) is 11.6 Å². The number of anilines is 1. The van der Waals surface area contributed by atoms with Crippen molar-refractivity contribution in [1.82, 2.24) is 18.7 Å². The number of phenols is 1. The number of fused-ring (bicyclic) bond motifs is 1. The fourth-order valence-electron chi connectivity index (χ4n) is 2.66. The molecule has 3 aromatic rings. The maximum Gasteiger partial charge on any atom is 0.332 e. The zero-order chi connectivity index (χ0) is 17.4. The van der Waals surface area contributed by atoms with Crippen LogP contribution in [0.1, 0.15) is 5.56 Å². The molecule has 0 spiro atoms. The van der Waals surface area contributed by atoms with Gasteiger partial charge in [0, 0.05) is 27.7 Å². The summed E-state index contributed by atoms with van der Waals surface area (Å²) in [4.78, 5) is 28.7. The average Bonchev–Trinajstić information content (AvgIpc) is 2.90. The summed E-state index contributed by atoms with van der Waals surface area (Å²) < 4.78 is 4.10. The summed E-state index contributed by atoms with van der Waals surface area (Å²) in [5.74, 6) is 0.765. The lowest BCUT2D eigenvalue weighted by molar-refractivity contribution is 0.475. The van der Waals surface area contributed by atoms with E-state index in [1.54, 1.807) is 30.8 Å². The van der Waals surface area contributed by atoms with Crippen LogP contribution in [0.2, 0.25) is 0 Å². The molecule has 24 heavy (non-hydrogen) atoms. The van der Waals surface area contributed by atoms with Gasteiger partial charge >= 0.3 is 5.69 Å². The Hall–Kier alpha value is -3.03. The molecule has 0 fully saturated rings. The van der Waals surface area contributed by atoms with Crippen molar-refractivity contribution in [1.29, 1.82) is 0 Å². The first-order valence-electron chi connectivity index (χ1n) is 7.54. The van der Waals surface area contributed by atoms with E-state index >= 15 is 0 Å². The van der Waals surface area contributed by atoms with Crippen LogP contribution >= 0.6 is 0 Å². The van der Waals surface area contributed by atoms with Crippen LogP contribution in [0.4, 0.5) is 5.95 Å². The van der Waals surface area contributed by atoms with E-state index in [2.05, 4.69) is 10.3 Å². The third-order valence-electron chi connectivity index (χ3n) is 4.11. The molecule has 2 aromatic heterocycles. The lowest BCUT2D eigenvalue weighted by Crippen LogP contribution is -2.37. The number of benzene rings is 1. The molecule has 0 aliphatic heterocycles. The predicted octanol–water partition coefficient (Wildman–Crippen LogP) is 0.331. The molecule has 126 valence electrons. The second-order valence-electron chi connectivity index (χ2n) is 5.72.